The summed E-state index contributed by atoms with van der Waals surface area (Å²) in [5.41, 5.74) is 6.87. The van der Waals surface area contributed by atoms with Crippen molar-refractivity contribution in [2.45, 2.75) is 31.3 Å². The van der Waals surface area contributed by atoms with Crippen LogP contribution in [-0.4, -0.2) is 43.4 Å². The molecule has 0 saturated heterocycles. The lowest BCUT2D eigenvalue weighted by Crippen LogP contribution is -2.47. The molecule has 0 aliphatic heterocycles. The summed E-state index contributed by atoms with van der Waals surface area (Å²) in [5.74, 6) is -0.226. The first kappa shape index (κ1) is 16.6. The fourth-order valence-electron chi connectivity index (χ4n) is 1.95. The fourth-order valence-corrected chi connectivity index (χ4v) is 1.95. The number of hydrogen-bond acceptors (Lipinski definition) is 4. The van der Waals surface area contributed by atoms with Gasteiger partial charge in [-0.2, -0.15) is 0 Å². The minimum Gasteiger partial charge on any atom is -0.394 e. The molecular formula is C15H24N2O3. The lowest BCUT2D eigenvalue weighted by Gasteiger charge is -2.19. The van der Waals surface area contributed by atoms with Gasteiger partial charge in [-0.3, -0.25) is 4.79 Å². The largest absolute Gasteiger partial charge is 0.394 e. The van der Waals surface area contributed by atoms with Gasteiger partial charge in [0.25, 0.3) is 0 Å². The summed E-state index contributed by atoms with van der Waals surface area (Å²) in [6.07, 6.45) is 1.91. The van der Waals surface area contributed by atoms with Gasteiger partial charge in [0.1, 0.15) is 0 Å². The van der Waals surface area contributed by atoms with Crippen LogP contribution < -0.4 is 11.1 Å². The number of benzene rings is 1. The van der Waals surface area contributed by atoms with Crippen LogP contribution in [0.25, 0.3) is 0 Å². The van der Waals surface area contributed by atoms with Gasteiger partial charge in [0.15, 0.2) is 0 Å². The molecule has 2 atom stereocenters. The van der Waals surface area contributed by atoms with E-state index in [-0.39, 0.29) is 18.6 Å². The smallest absolute Gasteiger partial charge is 0.237 e. The van der Waals surface area contributed by atoms with Crippen LogP contribution in [0.15, 0.2) is 30.3 Å². The second-order valence-corrected chi connectivity index (χ2v) is 4.82. The molecule has 0 spiro atoms. The predicted octanol–water partition coefficient (Wildman–Crippen LogP) is 0.460. The molecule has 0 aliphatic carbocycles. The lowest BCUT2D eigenvalue weighted by atomic mass is 10.1. The third-order valence-electron chi connectivity index (χ3n) is 3.09. The standard InChI is InChI=1S/C15H24N2O3/c1-20-9-5-8-14(16)15(19)17-13(11-18)10-12-6-3-2-4-7-12/h2-4,6-7,13-14,18H,5,8-11,16H2,1H3,(H,17,19). The summed E-state index contributed by atoms with van der Waals surface area (Å²) in [7, 11) is 1.62. The molecule has 0 radical (unpaired) electrons. The van der Waals surface area contributed by atoms with Crippen LogP contribution in [-0.2, 0) is 16.0 Å². The first-order valence-corrected chi connectivity index (χ1v) is 6.87. The fraction of sp³-hybridized carbons (Fsp3) is 0.533. The summed E-state index contributed by atoms with van der Waals surface area (Å²) in [6, 6.07) is 8.86. The first-order chi connectivity index (χ1) is 9.67. The normalized spacial score (nSPS) is 13.8. The van der Waals surface area contributed by atoms with Gasteiger partial charge < -0.3 is 20.9 Å². The molecule has 0 fully saturated rings. The first-order valence-electron chi connectivity index (χ1n) is 6.87. The van der Waals surface area contributed by atoms with E-state index < -0.39 is 6.04 Å². The topological polar surface area (TPSA) is 84.6 Å². The van der Waals surface area contributed by atoms with Crippen molar-refractivity contribution in [3.8, 4) is 0 Å². The number of aliphatic hydroxyl groups is 1. The summed E-state index contributed by atoms with van der Waals surface area (Å²) < 4.78 is 4.93. The molecule has 0 saturated carbocycles. The monoisotopic (exact) mass is 280 g/mol. The number of carbonyl (C=O) groups excluding carboxylic acids is 1. The number of rotatable bonds is 9. The molecule has 112 valence electrons. The van der Waals surface area contributed by atoms with Crippen molar-refractivity contribution in [2.24, 2.45) is 5.73 Å². The van der Waals surface area contributed by atoms with Crippen molar-refractivity contribution in [3.05, 3.63) is 35.9 Å². The highest BCUT2D eigenvalue weighted by atomic mass is 16.5. The van der Waals surface area contributed by atoms with Crippen molar-refractivity contribution < 1.29 is 14.6 Å². The molecule has 1 rings (SSSR count). The molecule has 0 bridgehead atoms. The highest BCUT2D eigenvalue weighted by Crippen LogP contribution is 2.04. The maximum absolute atomic E-state index is 11.9. The average molecular weight is 280 g/mol. The molecule has 20 heavy (non-hydrogen) atoms. The molecule has 5 nitrogen and oxygen atoms in total. The lowest BCUT2D eigenvalue weighted by molar-refractivity contribution is -0.123. The van der Waals surface area contributed by atoms with Gasteiger partial charge in [0.05, 0.1) is 18.7 Å². The van der Waals surface area contributed by atoms with Crippen molar-refractivity contribution in [1.82, 2.24) is 5.32 Å². The van der Waals surface area contributed by atoms with Gasteiger partial charge >= 0.3 is 0 Å². The van der Waals surface area contributed by atoms with Gasteiger partial charge in [-0.15, -0.1) is 0 Å². The molecular weight excluding hydrogens is 256 g/mol. The zero-order valence-electron chi connectivity index (χ0n) is 11.9. The van der Waals surface area contributed by atoms with Gasteiger partial charge in [0, 0.05) is 13.7 Å². The molecule has 5 heteroatoms. The highest BCUT2D eigenvalue weighted by molar-refractivity contribution is 5.81. The molecule has 1 amide bonds. The van der Waals surface area contributed by atoms with Crippen LogP contribution in [0.4, 0.5) is 0 Å². The van der Waals surface area contributed by atoms with E-state index in [4.69, 9.17) is 10.5 Å². The zero-order valence-corrected chi connectivity index (χ0v) is 11.9. The summed E-state index contributed by atoms with van der Waals surface area (Å²) in [6.45, 7) is 0.486. The number of hydrogen-bond donors (Lipinski definition) is 3. The van der Waals surface area contributed by atoms with E-state index in [1.807, 2.05) is 30.3 Å². The predicted molar refractivity (Wildman–Crippen MR) is 78.2 cm³/mol. The molecule has 0 heterocycles. The quantitative estimate of drug-likeness (QED) is 0.574. The van der Waals surface area contributed by atoms with E-state index in [1.165, 1.54) is 0 Å². The van der Waals surface area contributed by atoms with E-state index in [2.05, 4.69) is 5.32 Å². The van der Waals surface area contributed by atoms with Crippen molar-refractivity contribution in [3.63, 3.8) is 0 Å². The van der Waals surface area contributed by atoms with Crippen LogP contribution in [0.1, 0.15) is 18.4 Å². The Balaban J connectivity index is 2.41. The van der Waals surface area contributed by atoms with Crippen LogP contribution in [0.2, 0.25) is 0 Å². The maximum atomic E-state index is 11.9. The van der Waals surface area contributed by atoms with E-state index in [0.29, 0.717) is 19.4 Å². The molecule has 4 N–H and O–H groups in total. The van der Waals surface area contributed by atoms with Crippen molar-refractivity contribution in [1.29, 1.82) is 0 Å². The number of ether oxygens (including phenoxy) is 1. The van der Waals surface area contributed by atoms with Gasteiger partial charge in [-0.1, -0.05) is 30.3 Å². The maximum Gasteiger partial charge on any atom is 0.237 e. The molecule has 0 aromatic heterocycles. The Morgan fingerprint density at radius 1 is 1.40 bits per heavy atom. The second-order valence-electron chi connectivity index (χ2n) is 4.82. The average Bonchev–Trinajstić information content (AvgIpc) is 2.47. The van der Waals surface area contributed by atoms with Gasteiger partial charge in [0.2, 0.25) is 5.91 Å². The Morgan fingerprint density at radius 2 is 2.10 bits per heavy atom. The molecule has 1 aromatic carbocycles. The van der Waals surface area contributed by atoms with E-state index >= 15 is 0 Å². The Bertz CT molecular complexity index is 384. The van der Waals surface area contributed by atoms with Gasteiger partial charge in [-0.25, -0.2) is 0 Å². The van der Waals surface area contributed by atoms with Crippen molar-refractivity contribution >= 4 is 5.91 Å². The van der Waals surface area contributed by atoms with Crippen LogP contribution in [0.3, 0.4) is 0 Å². The van der Waals surface area contributed by atoms with Crippen LogP contribution >= 0.6 is 0 Å². The Kier molecular flexibility index (Phi) is 7.87. The number of amides is 1. The number of methoxy groups -OCH3 is 1. The van der Waals surface area contributed by atoms with Crippen LogP contribution in [0.5, 0.6) is 0 Å². The minimum atomic E-state index is -0.560. The number of nitrogens with two attached hydrogens (primary N) is 1. The minimum absolute atomic E-state index is 0.106. The Hall–Kier alpha value is -1.43. The Morgan fingerprint density at radius 3 is 2.70 bits per heavy atom. The zero-order chi connectivity index (χ0) is 14.8. The molecule has 0 aliphatic rings. The van der Waals surface area contributed by atoms with E-state index in [1.54, 1.807) is 7.11 Å². The van der Waals surface area contributed by atoms with Gasteiger partial charge in [-0.05, 0) is 24.8 Å². The third kappa shape index (κ3) is 6.14. The van der Waals surface area contributed by atoms with Crippen LogP contribution in [0, 0.1) is 0 Å². The molecule has 2 unspecified atom stereocenters. The number of nitrogens with one attached hydrogen (secondary N) is 1. The second kappa shape index (κ2) is 9.47. The molecule has 1 aromatic rings. The summed E-state index contributed by atoms with van der Waals surface area (Å²) in [4.78, 5) is 11.9. The third-order valence-corrected chi connectivity index (χ3v) is 3.09. The van der Waals surface area contributed by atoms with E-state index in [9.17, 15) is 9.90 Å². The summed E-state index contributed by atoms with van der Waals surface area (Å²) >= 11 is 0. The highest BCUT2D eigenvalue weighted by Gasteiger charge is 2.17. The number of carbonyl (C=O) groups is 1. The summed E-state index contributed by atoms with van der Waals surface area (Å²) in [5, 5.41) is 12.1. The Labute approximate surface area is 120 Å². The van der Waals surface area contributed by atoms with E-state index in [0.717, 1.165) is 12.0 Å². The SMILES string of the molecule is COCCCC(N)C(=O)NC(CO)Cc1ccccc1. The van der Waals surface area contributed by atoms with Crippen molar-refractivity contribution in [2.75, 3.05) is 20.3 Å². The number of aliphatic hydroxyl groups excluding tert-OH is 1.